The molecule has 1 saturated heterocycles. The summed E-state index contributed by atoms with van der Waals surface area (Å²) in [5.74, 6) is -1.98. The van der Waals surface area contributed by atoms with E-state index >= 15 is 0 Å². The van der Waals surface area contributed by atoms with Gasteiger partial charge in [-0.2, -0.15) is 17.2 Å². The van der Waals surface area contributed by atoms with Crippen LogP contribution >= 0.6 is 0 Å². The molecule has 8 unspecified atom stereocenters. The number of hydrogen-bond donors (Lipinski definition) is 2. The highest BCUT2D eigenvalue weighted by molar-refractivity contribution is 7.87. The Labute approximate surface area is 234 Å². The minimum Gasteiger partial charge on any atom is -0.463 e. The van der Waals surface area contributed by atoms with Crippen molar-refractivity contribution in [1.29, 1.82) is 0 Å². The predicted molar refractivity (Wildman–Crippen MR) is 137 cm³/mol. The third-order valence-corrected chi connectivity index (χ3v) is 9.78. The van der Waals surface area contributed by atoms with Gasteiger partial charge in [0.2, 0.25) is 0 Å². The number of hydrogen-bond acceptors (Lipinski definition) is 9. The minimum atomic E-state index is -5.96. The van der Waals surface area contributed by atoms with E-state index in [4.69, 9.17) is 23.5 Å². The summed E-state index contributed by atoms with van der Waals surface area (Å²) in [6, 6.07) is 0. The third kappa shape index (κ3) is 7.90. The Hall–Kier alpha value is -1.41. The summed E-state index contributed by atoms with van der Waals surface area (Å²) in [4.78, 5) is 24.4. The fourth-order valence-electron chi connectivity index (χ4n) is 7.11. The van der Waals surface area contributed by atoms with Crippen LogP contribution in [0.25, 0.3) is 0 Å². The summed E-state index contributed by atoms with van der Waals surface area (Å²) in [7, 11) is -5.96. The SMILES string of the molecule is CC(CCC(=O)OCC1COC(C2CC3CCCC(OC(=O)C(F)(F)S(=O)(=O)O)(C3)C2)O1)CC1CCCC(O)C1. The average Bonchev–Trinajstić information content (AvgIpc) is 3.34. The van der Waals surface area contributed by atoms with Gasteiger partial charge in [0.25, 0.3) is 0 Å². The average molecular weight is 597 g/mol. The van der Waals surface area contributed by atoms with Crippen molar-refractivity contribution >= 4 is 22.1 Å². The maximum atomic E-state index is 13.9. The van der Waals surface area contributed by atoms with Crippen molar-refractivity contribution in [3.05, 3.63) is 0 Å². The van der Waals surface area contributed by atoms with Gasteiger partial charge >= 0.3 is 27.3 Å². The van der Waals surface area contributed by atoms with Crippen LogP contribution in [0.3, 0.4) is 0 Å². The van der Waals surface area contributed by atoms with E-state index < -0.39 is 39.3 Å². The molecule has 1 aliphatic heterocycles. The maximum absolute atomic E-state index is 13.9. The van der Waals surface area contributed by atoms with Crippen molar-refractivity contribution in [2.75, 3.05) is 13.2 Å². The molecular formula is C27H42F2O10S. The van der Waals surface area contributed by atoms with Gasteiger partial charge in [0.05, 0.1) is 12.7 Å². The van der Waals surface area contributed by atoms with E-state index in [-0.39, 0.29) is 43.5 Å². The molecule has 13 heteroatoms. The summed E-state index contributed by atoms with van der Waals surface area (Å²) in [6.07, 6.45) is 7.33. The van der Waals surface area contributed by atoms with E-state index in [0.29, 0.717) is 50.4 Å². The lowest BCUT2D eigenvalue weighted by molar-refractivity contribution is -0.201. The van der Waals surface area contributed by atoms with Crippen LogP contribution in [0.15, 0.2) is 0 Å². The Morgan fingerprint density at radius 2 is 1.93 bits per heavy atom. The van der Waals surface area contributed by atoms with Gasteiger partial charge < -0.3 is 24.1 Å². The Bertz CT molecular complexity index is 1010. The van der Waals surface area contributed by atoms with Gasteiger partial charge in [0, 0.05) is 12.3 Å². The molecule has 2 N–H and O–H groups in total. The summed E-state index contributed by atoms with van der Waals surface area (Å²) < 4.78 is 80.9. The molecule has 40 heavy (non-hydrogen) atoms. The fraction of sp³-hybridized carbons (Fsp3) is 0.926. The normalized spacial score (nSPS) is 35.6. The molecule has 0 aromatic heterocycles. The Balaban J connectivity index is 1.22. The molecule has 0 radical (unpaired) electrons. The second-order valence-corrected chi connectivity index (χ2v) is 13.9. The van der Waals surface area contributed by atoms with Crippen molar-refractivity contribution in [3.8, 4) is 0 Å². The predicted octanol–water partition coefficient (Wildman–Crippen LogP) is 3.99. The molecule has 4 fully saturated rings. The van der Waals surface area contributed by atoms with Crippen LogP contribution in [0.5, 0.6) is 0 Å². The van der Waals surface area contributed by atoms with Crippen LogP contribution in [0, 0.1) is 23.7 Å². The van der Waals surface area contributed by atoms with Crippen LogP contribution in [0.1, 0.15) is 90.4 Å². The lowest BCUT2D eigenvalue weighted by atomic mass is 9.65. The van der Waals surface area contributed by atoms with Crippen LogP contribution in [-0.2, 0) is 38.7 Å². The lowest BCUT2D eigenvalue weighted by Gasteiger charge is -2.48. The zero-order chi connectivity index (χ0) is 29.1. The van der Waals surface area contributed by atoms with Crippen molar-refractivity contribution in [1.82, 2.24) is 0 Å². The van der Waals surface area contributed by atoms with E-state index in [1.54, 1.807) is 0 Å². The molecule has 1 heterocycles. The van der Waals surface area contributed by atoms with E-state index in [9.17, 15) is 31.9 Å². The van der Waals surface area contributed by atoms with Crippen LogP contribution in [0.4, 0.5) is 8.78 Å². The minimum absolute atomic E-state index is 0.0232. The Morgan fingerprint density at radius 3 is 2.65 bits per heavy atom. The number of fused-ring (bicyclic) bond motifs is 2. The molecule has 0 spiro atoms. The molecule has 4 aliphatic rings. The van der Waals surface area contributed by atoms with Crippen molar-refractivity contribution in [3.63, 3.8) is 0 Å². The fourth-order valence-corrected chi connectivity index (χ4v) is 7.37. The number of carbonyl (C=O) groups excluding carboxylic acids is 2. The molecule has 3 saturated carbocycles. The summed E-state index contributed by atoms with van der Waals surface area (Å²) in [6.45, 7) is 2.32. The van der Waals surface area contributed by atoms with Gasteiger partial charge in [-0.25, -0.2) is 4.79 Å². The maximum Gasteiger partial charge on any atom is 0.465 e. The number of alkyl halides is 2. The number of ether oxygens (including phenoxy) is 4. The quantitative estimate of drug-likeness (QED) is 0.265. The number of aliphatic hydroxyl groups is 1. The highest BCUT2D eigenvalue weighted by Gasteiger charge is 2.58. The van der Waals surface area contributed by atoms with Crippen LogP contribution in [-0.4, -0.2) is 72.6 Å². The molecule has 3 aliphatic carbocycles. The number of carbonyl (C=O) groups is 2. The van der Waals surface area contributed by atoms with E-state index in [0.717, 1.165) is 38.5 Å². The first kappa shape index (κ1) is 31.5. The van der Waals surface area contributed by atoms with E-state index in [2.05, 4.69) is 6.92 Å². The third-order valence-electron chi connectivity index (χ3n) is 8.97. The van der Waals surface area contributed by atoms with Gasteiger partial charge in [0.1, 0.15) is 18.3 Å². The summed E-state index contributed by atoms with van der Waals surface area (Å²) in [5.41, 5.74) is -1.29. The molecule has 0 aromatic rings. The molecular weight excluding hydrogens is 554 g/mol. The zero-order valence-corrected chi connectivity index (χ0v) is 23.8. The standard InChI is InChI=1S/C27H42F2O10S/c1-17(10-18-4-2-6-21(30)12-18)7-8-23(31)36-15-22-16-37-24(38-22)20-11-19-5-3-9-26(13-19,14-20)39-25(32)27(28,29)40(33,34)35/h17-22,24,30H,2-16H2,1H3,(H,33,34,35). The van der Waals surface area contributed by atoms with Gasteiger partial charge in [-0.15, -0.1) is 0 Å². The monoisotopic (exact) mass is 596 g/mol. The lowest BCUT2D eigenvalue weighted by Crippen LogP contribution is -2.51. The molecule has 4 rings (SSSR count). The second-order valence-electron chi connectivity index (χ2n) is 12.4. The largest absolute Gasteiger partial charge is 0.465 e. The second kappa shape index (κ2) is 12.8. The molecule has 2 bridgehead atoms. The smallest absolute Gasteiger partial charge is 0.463 e. The van der Waals surface area contributed by atoms with Gasteiger partial charge in [0.15, 0.2) is 6.29 Å². The van der Waals surface area contributed by atoms with E-state index in [1.807, 2.05) is 0 Å². The van der Waals surface area contributed by atoms with Crippen molar-refractivity contribution < 1.29 is 55.4 Å². The molecule has 230 valence electrons. The first-order valence-electron chi connectivity index (χ1n) is 14.5. The summed E-state index contributed by atoms with van der Waals surface area (Å²) in [5, 5.41) is 4.81. The highest BCUT2D eigenvalue weighted by atomic mass is 32.2. The topological polar surface area (TPSA) is 146 Å². The number of esters is 2. The van der Waals surface area contributed by atoms with Crippen LogP contribution in [0.2, 0.25) is 0 Å². The molecule has 0 aromatic carbocycles. The van der Waals surface area contributed by atoms with Crippen molar-refractivity contribution in [2.45, 2.75) is 120 Å². The first-order valence-corrected chi connectivity index (χ1v) is 15.9. The summed E-state index contributed by atoms with van der Waals surface area (Å²) >= 11 is 0. The van der Waals surface area contributed by atoms with Crippen LogP contribution < -0.4 is 0 Å². The molecule has 0 amide bonds. The molecule has 10 nitrogen and oxygen atoms in total. The number of aliphatic hydroxyl groups excluding tert-OH is 1. The Kier molecular flexibility index (Phi) is 10.1. The zero-order valence-electron chi connectivity index (χ0n) is 23.0. The number of halogens is 2. The first-order chi connectivity index (χ1) is 18.8. The van der Waals surface area contributed by atoms with E-state index in [1.165, 1.54) is 0 Å². The van der Waals surface area contributed by atoms with Crippen molar-refractivity contribution in [2.24, 2.45) is 23.7 Å². The highest BCUT2D eigenvalue weighted by Crippen LogP contribution is 2.50. The molecule has 8 atom stereocenters. The number of rotatable bonds is 11. The van der Waals surface area contributed by atoms with Gasteiger partial charge in [-0.1, -0.05) is 26.2 Å². The Morgan fingerprint density at radius 1 is 1.15 bits per heavy atom. The van der Waals surface area contributed by atoms with Gasteiger partial charge in [-0.05, 0) is 75.5 Å². The van der Waals surface area contributed by atoms with Gasteiger partial charge in [-0.3, -0.25) is 9.35 Å².